The smallest absolute Gasteiger partial charge is 0.464 e. The van der Waals surface area contributed by atoms with Gasteiger partial charge in [-0.3, -0.25) is 9.32 Å². The monoisotopic (exact) mass is 223 g/mol. The molecule has 1 heterocycles. The lowest BCUT2D eigenvalue weighted by atomic mass is 10.2. The second-order valence-corrected chi connectivity index (χ2v) is 5.57. The minimum absolute atomic E-state index is 0.160. The lowest BCUT2D eigenvalue weighted by Crippen LogP contribution is -2.28. The van der Waals surface area contributed by atoms with Crippen molar-refractivity contribution in [1.82, 2.24) is 0 Å². The minimum atomic E-state index is -2.95. The molecular formula is C8H16O5P+. The van der Waals surface area contributed by atoms with Crippen LogP contribution < -0.4 is 0 Å². The van der Waals surface area contributed by atoms with Crippen molar-refractivity contribution >= 4 is 13.6 Å². The molecular weight excluding hydrogens is 207 g/mol. The van der Waals surface area contributed by atoms with Gasteiger partial charge in [0.15, 0.2) is 0 Å². The zero-order valence-electron chi connectivity index (χ0n) is 8.43. The van der Waals surface area contributed by atoms with E-state index in [1.807, 2.05) is 0 Å². The van der Waals surface area contributed by atoms with Crippen molar-refractivity contribution < 1.29 is 23.1 Å². The molecule has 0 aromatic carbocycles. The van der Waals surface area contributed by atoms with E-state index in [0.717, 1.165) is 0 Å². The van der Waals surface area contributed by atoms with Crippen LogP contribution in [-0.2, 0) is 18.6 Å². The van der Waals surface area contributed by atoms with Gasteiger partial charge in [-0.25, -0.2) is 4.57 Å². The highest BCUT2D eigenvalue weighted by molar-refractivity contribution is 7.54. The molecule has 6 heteroatoms. The van der Waals surface area contributed by atoms with E-state index >= 15 is 0 Å². The Bertz CT molecular complexity index is 242. The van der Waals surface area contributed by atoms with Crippen molar-refractivity contribution in [2.45, 2.75) is 25.4 Å². The topological polar surface area (TPSA) is 65.4 Å². The highest BCUT2D eigenvalue weighted by atomic mass is 31.2. The summed E-state index contributed by atoms with van der Waals surface area (Å²) in [5.74, 6) is -0.236. The first kappa shape index (κ1) is 11.7. The highest BCUT2D eigenvalue weighted by Gasteiger charge is 2.43. The molecule has 1 aliphatic rings. The lowest BCUT2D eigenvalue weighted by Gasteiger charge is -2.23. The summed E-state index contributed by atoms with van der Waals surface area (Å²) in [4.78, 5) is 10.8. The Labute approximate surface area is 83.3 Å². The van der Waals surface area contributed by atoms with Crippen LogP contribution in [0.2, 0.25) is 0 Å². The Balaban J connectivity index is 2.61. The summed E-state index contributed by atoms with van der Waals surface area (Å²) in [6.07, 6.45) is 0.838. The van der Waals surface area contributed by atoms with Gasteiger partial charge in [0.05, 0.1) is 6.61 Å². The van der Waals surface area contributed by atoms with E-state index in [2.05, 4.69) is 4.52 Å². The van der Waals surface area contributed by atoms with Crippen LogP contribution in [-0.4, -0.2) is 36.5 Å². The van der Waals surface area contributed by atoms with Crippen LogP contribution in [0.3, 0.4) is 0 Å². The quantitative estimate of drug-likeness (QED) is 0.406. The second-order valence-electron chi connectivity index (χ2n) is 3.06. The van der Waals surface area contributed by atoms with E-state index < -0.39 is 7.60 Å². The van der Waals surface area contributed by atoms with Crippen LogP contribution in [0.4, 0.5) is 0 Å². The normalized spacial score (nSPS) is 26.7. The van der Waals surface area contributed by atoms with Crippen LogP contribution in [0.1, 0.15) is 19.8 Å². The van der Waals surface area contributed by atoms with Gasteiger partial charge in [-0.1, -0.05) is 0 Å². The summed E-state index contributed by atoms with van der Waals surface area (Å²) in [7, 11) is -1.48. The summed E-state index contributed by atoms with van der Waals surface area (Å²) >= 11 is 0. The average Bonchev–Trinajstić information content (AvgIpc) is 2.19. The molecule has 2 unspecified atom stereocenters. The first-order chi connectivity index (χ1) is 6.62. The third kappa shape index (κ3) is 2.56. The third-order valence-electron chi connectivity index (χ3n) is 2.17. The number of aliphatic hydroxyl groups is 1. The Kier molecular flexibility index (Phi) is 4.11. The molecule has 0 radical (unpaired) electrons. The maximum atomic E-state index is 12.1. The Morgan fingerprint density at radius 3 is 2.86 bits per heavy atom. The summed E-state index contributed by atoms with van der Waals surface area (Å²) in [6, 6.07) is 0. The summed E-state index contributed by atoms with van der Waals surface area (Å²) < 4.78 is 25.8. The fourth-order valence-corrected chi connectivity index (χ4v) is 3.14. The van der Waals surface area contributed by atoms with E-state index in [9.17, 15) is 9.36 Å². The number of hydrogen-bond donors (Lipinski definition) is 0. The van der Waals surface area contributed by atoms with E-state index in [1.54, 1.807) is 6.92 Å². The summed E-state index contributed by atoms with van der Waals surface area (Å²) in [5, 5.41) is 0. The molecule has 0 aliphatic carbocycles. The summed E-state index contributed by atoms with van der Waals surface area (Å²) in [5.41, 5.74) is -0.259. The Morgan fingerprint density at radius 2 is 2.43 bits per heavy atom. The maximum Gasteiger partial charge on any atom is 0.480 e. The predicted molar refractivity (Wildman–Crippen MR) is 51.4 cm³/mol. The van der Waals surface area contributed by atoms with Gasteiger partial charge in [0.25, 0.3) is 0 Å². The molecule has 0 aromatic heterocycles. The largest absolute Gasteiger partial charge is 0.480 e. The molecule has 1 rings (SSSR count). The van der Waals surface area contributed by atoms with Crippen LogP contribution in [0.15, 0.2) is 0 Å². The number of ether oxygens (including phenoxy) is 1. The van der Waals surface area contributed by atoms with Crippen molar-refractivity contribution in [3.8, 4) is 0 Å². The standard InChI is InChI=1S/C8H15O5P/c1-3-13-14(10,11-2)7-4-5-8(9)12-6-7/h7H,3-6H2,1-2H3/p+1. The van der Waals surface area contributed by atoms with Gasteiger partial charge in [-0.05, 0) is 13.3 Å². The zero-order valence-corrected chi connectivity index (χ0v) is 9.33. The molecule has 0 saturated carbocycles. The van der Waals surface area contributed by atoms with Crippen molar-refractivity contribution in [3.63, 3.8) is 0 Å². The highest BCUT2D eigenvalue weighted by Crippen LogP contribution is 2.52. The number of rotatable bonds is 4. The van der Waals surface area contributed by atoms with Gasteiger partial charge in [0, 0.05) is 6.42 Å². The third-order valence-corrected chi connectivity index (χ3v) is 4.69. The van der Waals surface area contributed by atoms with Crippen molar-refractivity contribution in [1.29, 1.82) is 0 Å². The fourth-order valence-electron chi connectivity index (χ4n) is 1.40. The van der Waals surface area contributed by atoms with Gasteiger partial charge >= 0.3 is 13.6 Å². The van der Waals surface area contributed by atoms with Gasteiger partial charge in [0.2, 0.25) is 0 Å². The second kappa shape index (κ2) is 4.91. The molecule has 1 saturated heterocycles. The van der Waals surface area contributed by atoms with E-state index in [0.29, 0.717) is 19.4 Å². The molecule has 0 amide bonds. The number of carbonyl (C=O) groups excluding carboxylic acids is 1. The molecule has 0 spiro atoms. The zero-order chi connectivity index (χ0) is 10.6. The maximum absolute atomic E-state index is 12.1. The van der Waals surface area contributed by atoms with Gasteiger partial charge < -0.3 is 9.26 Å². The number of esters is 1. The predicted octanol–water partition coefficient (Wildman–Crippen LogP) is 1.08. The van der Waals surface area contributed by atoms with Crippen molar-refractivity contribution in [2.24, 2.45) is 0 Å². The van der Waals surface area contributed by atoms with Gasteiger partial charge in [0.1, 0.15) is 19.4 Å². The number of carbonyl (C=O) groups is 1. The molecule has 0 aromatic rings. The van der Waals surface area contributed by atoms with Crippen LogP contribution in [0.5, 0.6) is 0 Å². The molecule has 1 aliphatic heterocycles. The van der Waals surface area contributed by atoms with E-state index in [-0.39, 0.29) is 18.2 Å². The molecule has 5 nitrogen and oxygen atoms in total. The fraction of sp³-hybridized carbons (Fsp3) is 0.875. The molecule has 82 valence electrons. The first-order valence-electron chi connectivity index (χ1n) is 4.63. The minimum Gasteiger partial charge on any atom is -0.464 e. The summed E-state index contributed by atoms with van der Waals surface area (Å²) in [6.45, 7) is 2.29. The Morgan fingerprint density at radius 1 is 1.71 bits per heavy atom. The van der Waals surface area contributed by atoms with Crippen LogP contribution in [0.25, 0.3) is 0 Å². The average molecular weight is 223 g/mol. The molecule has 1 fully saturated rings. The molecule has 1 N–H and O–H groups in total. The van der Waals surface area contributed by atoms with Crippen molar-refractivity contribution in [3.05, 3.63) is 0 Å². The van der Waals surface area contributed by atoms with Crippen molar-refractivity contribution in [2.75, 3.05) is 20.3 Å². The first-order valence-corrected chi connectivity index (χ1v) is 6.28. The van der Waals surface area contributed by atoms with Crippen LogP contribution in [0, 0.1) is 0 Å². The van der Waals surface area contributed by atoms with Gasteiger partial charge in [-0.15, -0.1) is 0 Å². The van der Waals surface area contributed by atoms with Gasteiger partial charge in [-0.2, -0.15) is 0 Å². The SMILES string of the molecule is CCOP(=O)([OH+]C)C1CCC(=O)OC1. The number of cyclic esters (lactones) is 1. The van der Waals surface area contributed by atoms with Crippen LogP contribution >= 0.6 is 7.60 Å². The Hall–Kier alpha value is -0.380. The molecule has 2 atom stereocenters. The van der Waals surface area contributed by atoms with E-state index in [1.165, 1.54) is 7.11 Å². The van der Waals surface area contributed by atoms with E-state index in [4.69, 9.17) is 9.26 Å². The molecule has 14 heavy (non-hydrogen) atoms. The molecule has 0 bridgehead atoms. The lowest BCUT2D eigenvalue weighted by molar-refractivity contribution is -0.146. The number of hydrogen-bond acceptors (Lipinski definition) is 4.